The van der Waals surface area contributed by atoms with E-state index in [1.807, 2.05) is 24.3 Å². The van der Waals surface area contributed by atoms with Crippen LogP contribution in [0.15, 0.2) is 69.8 Å². The van der Waals surface area contributed by atoms with Crippen molar-refractivity contribution in [3.05, 3.63) is 120 Å². The number of aromatic nitrogens is 5. The van der Waals surface area contributed by atoms with Crippen LogP contribution in [0.4, 0.5) is 11.1 Å². The summed E-state index contributed by atoms with van der Waals surface area (Å²) in [7, 11) is 0. The quantitative estimate of drug-likeness (QED) is 0.180. The molecule has 232 valence electrons. The summed E-state index contributed by atoms with van der Waals surface area (Å²) in [6.07, 6.45) is 7.19. The highest BCUT2D eigenvalue weighted by Gasteiger charge is 2.27. The van der Waals surface area contributed by atoms with Gasteiger partial charge in [-0.2, -0.15) is 9.99 Å². The lowest BCUT2D eigenvalue weighted by molar-refractivity contribution is -0.136. The number of aliphatic carboxylic acids is 1. The van der Waals surface area contributed by atoms with Crippen LogP contribution in [0.2, 0.25) is 0 Å². The van der Waals surface area contributed by atoms with E-state index in [4.69, 9.17) is 5.11 Å². The lowest BCUT2D eigenvalue weighted by Gasteiger charge is -2.22. The number of amides is 1. The number of carboxylic acid groups (broad SMARTS) is 1. The molecule has 3 heterocycles. The number of benzene rings is 2. The first-order valence-corrected chi connectivity index (χ1v) is 15.1. The van der Waals surface area contributed by atoms with Crippen LogP contribution in [0.3, 0.4) is 0 Å². The monoisotopic (exact) mass is 637 g/mol. The maximum atomic E-state index is 13.5. The highest BCUT2D eigenvalue weighted by molar-refractivity contribution is 7.14. The number of carboxylic acids is 1. The number of thiazole rings is 1. The van der Waals surface area contributed by atoms with E-state index in [0.717, 1.165) is 50.6 Å². The number of aryl methyl sites for hydroxylation is 1. The number of aromatic amines is 1. The number of rotatable bonds is 8. The molecule has 0 aliphatic heterocycles. The molecule has 5 aromatic rings. The number of carbonyl (C=O) groups is 2. The van der Waals surface area contributed by atoms with E-state index in [1.165, 1.54) is 35.3 Å². The molecule has 1 unspecified atom stereocenters. The fourth-order valence-corrected chi connectivity index (χ4v) is 6.13. The van der Waals surface area contributed by atoms with Gasteiger partial charge < -0.3 is 10.2 Å². The van der Waals surface area contributed by atoms with Crippen molar-refractivity contribution in [2.75, 3.05) is 10.4 Å². The third-order valence-electron chi connectivity index (χ3n) is 7.45. The predicted molar refractivity (Wildman–Crippen MR) is 172 cm³/mol. The second kappa shape index (κ2) is 12.2. The number of fused-ring (bicyclic) bond motifs is 2. The standard InChI is InChI=1S/C32H27N7O6S/c1-3-18-4-8-23-19(12-18)5-6-20-13-22(41)7-9-24(20)28(23)25-15-38(31(45)36-29(25)44)26-10-11-33-30(35-26)37-39(17(2)40)32-34-21(16-46-32)14-27(42)43/h4-13,15-16,28,41H,3,14H2,1-2H3,(H,42,43)(H,33,35,37)(H,36,44,45). The molecule has 13 nitrogen and oxygen atoms in total. The van der Waals surface area contributed by atoms with E-state index in [1.54, 1.807) is 18.2 Å². The maximum Gasteiger partial charge on any atom is 0.334 e. The van der Waals surface area contributed by atoms with Crippen LogP contribution >= 0.6 is 11.3 Å². The van der Waals surface area contributed by atoms with Gasteiger partial charge in [0.1, 0.15) is 11.6 Å². The molecule has 4 N–H and O–H groups in total. The minimum absolute atomic E-state index is 0.0562. The van der Waals surface area contributed by atoms with Crippen LogP contribution in [0, 0.1) is 0 Å². The van der Waals surface area contributed by atoms with E-state index < -0.39 is 29.0 Å². The fraction of sp³-hybridized carbons (Fsp3) is 0.156. The van der Waals surface area contributed by atoms with Crippen molar-refractivity contribution in [2.45, 2.75) is 32.6 Å². The number of hydrazine groups is 1. The van der Waals surface area contributed by atoms with Crippen molar-refractivity contribution in [3.8, 4) is 11.6 Å². The molecular weight excluding hydrogens is 610 g/mol. The van der Waals surface area contributed by atoms with Crippen LogP contribution < -0.4 is 21.7 Å². The second-order valence-corrected chi connectivity index (χ2v) is 11.3. The van der Waals surface area contributed by atoms with Crippen molar-refractivity contribution < 1.29 is 19.8 Å². The van der Waals surface area contributed by atoms with Gasteiger partial charge in [-0.15, -0.1) is 11.3 Å². The van der Waals surface area contributed by atoms with Gasteiger partial charge in [-0.3, -0.25) is 29.4 Å². The summed E-state index contributed by atoms with van der Waals surface area (Å²) in [6, 6.07) is 12.5. The Morgan fingerprint density at radius 2 is 1.78 bits per heavy atom. The first-order chi connectivity index (χ1) is 22.1. The van der Waals surface area contributed by atoms with Crippen LogP contribution in [-0.2, 0) is 22.4 Å². The Hall–Kier alpha value is -5.89. The normalized spacial score (nSPS) is 13.4. The number of hydrogen-bond acceptors (Lipinski definition) is 10. The summed E-state index contributed by atoms with van der Waals surface area (Å²) in [5, 5.41) is 22.1. The van der Waals surface area contributed by atoms with Crippen molar-refractivity contribution >= 4 is 46.4 Å². The summed E-state index contributed by atoms with van der Waals surface area (Å²) in [5.41, 5.74) is 6.37. The first-order valence-electron chi connectivity index (χ1n) is 14.2. The number of hydrogen-bond donors (Lipinski definition) is 4. The van der Waals surface area contributed by atoms with Crippen LogP contribution in [0.1, 0.15) is 58.8 Å². The van der Waals surface area contributed by atoms with Crippen molar-refractivity contribution in [2.24, 2.45) is 0 Å². The number of nitrogens with one attached hydrogen (secondary N) is 2. The highest BCUT2D eigenvalue weighted by atomic mass is 32.1. The zero-order chi connectivity index (χ0) is 32.5. The van der Waals surface area contributed by atoms with Crippen molar-refractivity contribution in [3.63, 3.8) is 0 Å². The van der Waals surface area contributed by atoms with Gasteiger partial charge in [0.25, 0.3) is 5.56 Å². The number of H-pyrrole nitrogens is 1. The predicted octanol–water partition coefficient (Wildman–Crippen LogP) is 3.71. The molecule has 6 rings (SSSR count). The fourth-order valence-electron chi connectivity index (χ4n) is 5.30. The minimum Gasteiger partial charge on any atom is -0.508 e. The number of anilines is 2. The van der Waals surface area contributed by atoms with Crippen molar-refractivity contribution in [1.82, 2.24) is 24.5 Å². The third kappa shape index (κ3) is 5.93. The molecule has 1 atom stereocenters. The lowest BCUT2D eigenvalue weighted by Crippen LogP contribution is -2.36. The van der Waals surface area contributed by atoms with Gasteiger partial charge in [-0.1, -0.05) is 43.3 Å². The van der Waals surface area contributed by atoms with E-state index in [2.05, 4.69) is 38.4 Å². The summed E-state index contributed by atoms with van der Waals surface area (Å²) in [4.78, 5) is 65.5. The van der Waals surface area contributed by atoms with Gasteiger partial charge in [0.2, 0.25) is 17.0 Å². The van der Waals surface area contributed by atoms with E-state index >= 15 is 0 Å². The van der Waals surface area contributed by atoms with Crippen molar-refractivity contribution in [1.29, 1.82) is 0 Å². The van der Waals surface area contributed by atoms with Gasteiger partial charge in [-0.05, 0) is 46.4 Å². The van der Waals surface area contributed by atoms with Gasteiger partial charge in [0.05, 0.1) is 12.1 Å². The van der Waals surface area contributed by atoms with Gasteiger partial charge in [-0.25, -0.2) is 14.8 Å². The highest BCUT2D eigenvalue weighted by Crippen LogP contribution is 2.39. The zero-order valence-electron chi connectivity index (χ0n) is 24.6. The Morgan fingerprint density at radius 1 is 1.04 bits per heavy atom. The number of phenols is 1. The Labute approximate surface area is 265 Å². The smallest absolute Gasteiger partial charge is 0.334 e. The molecule has 0 spiro atoms. The van der Waals surface area contributed by atoms with Gasteiger partial charge in [0, 0.05) is 42.2 Å². The van der Waals surface area contributed by atoms with E-state index in [-0.39, 0.29) is 40.3 Å². The molecule has 46 heavy (non-hydrogen) atoms. The molecule has 1 aliphatic rings. The number of phenolic OH excluding ortho intramolecular Hbond substituents is 1. The zero-order valence-corrected chi connectivity index (χ0v) is 25.4. The second-order valence-electron chi connectivity index (χ2n) is 10.5. The summed E-state index contributed by atoms with van der Waals surface area (Å²) < 4.78 is 1.19. The SMILES string of the molecule is CCc1ccc2c(c1)C=Cc1cc(O)ccc1C2c1cn(-c2ccnc(NN(C(C)=O)c3nc(CC(=O)O)cs3)n2)c(=O)[nH]c1=O. The molecular formula is C32H27N7O6S. The Balaban J connectivity index is 1.43. The molecule has 1 aliphatic carbocycles. The summed E-state index contributed by atoms with van der Waals surface area (Å²) in [6.45, 7) is 3.34. The number of nitrogens with zero attached hydrogens (tertiary/aromatic N) is 5. The van der Waals surface area contributed by atoms with E-state index in [9.17, 15) is 24.3 Å². The minimum atomic E-state index is -1.06. The average molecular weight is 638 g/mol. The molecule has 1 amide bonds. The van der Waals surface area contributed by atoms with Gasteiger partial charge >= 0.3 is 11.7 Å². The molecule has 0 saturated carbocycles. The molecule has 0 bridgehead atoms. The first kappa shape index (κ1) is 30.1. The van der Waals surface area contributed by atoms with Crippen LogP contribution in [0.25, 0.3) is 18.0 Å². The van der Waals surface area contributed by atoms with Crippen LogP contribution in [-0.4, -0.2) is 46.6 Å². The summed E-state index contributed by atoms with van der Waals surface area (Å²) >= 11 is 1.06. The largest absolute Gasteiger partial charge is 0.508 e. The average Bonchev–Trinajstić information content (AvgIpc) is 3.41. The molecule has 14 heteroatoms. The number of aromatic hydroxyl groups is 1. The van der Waals surface area contributed by atoms with E-state index in [0.29, 0.717) is 0 Å². The molecule has 0 radical (unpaired) electrons. The topological polar surface area (TPSA) is 183 Å². The lowest BCUT2D eigenvalue weighted by atomic mass is 9.83. The van der Waals surface area contributed by atoms with Gasteiger partial charge in [0.15, 0.2) is 0 Å². The Morgan fingerprint density at radius 3 is 2.50 bits per heavy atom. The van der Waals surface area contributed by atoms with Crippen LogP contribution in [0.5, 0.6) is 5.75 Å². The molecule has 3 aromatic heterocycles. The Kier molecular flexibility index (Phi) is 8.03. The molecule has 2 aromatic carbocycles. The Bertz CT molecular complexity index is 2150. The number of carbonyl (C=O) groups excluding carboxylic acids is 1. The molecule has 0 saturated heterocycles. The maximum absolute atomic E-state index is 13.5. The third-order valence-corrected chi connectivity index (χ3v) is 8.33. The molecule has 0 fully saturated rings. The summed E-state index contributed by atoms with van der Waals surface area (Å²) in [5.74, 6) is -1.99.